The van der Waals surface area contributed by atoms with Crippen LogP contribution in [0.25, 0.3) is 11.1 Å². The SMILES string of the molecule is O=S(=O)(NCC1CCN(c2nc3ccccc3o2)CC1)c1cccnc1. The summed E-state index contributed by atoms with van der Waals surface area (Å²) in [5, 5.41) is 0. The Morgan fingerprint density at radius 1 is 1.15 bits per heavy atom. The zero-order valence-corrected chi connectivity index (χ0v) is 15.0. The van der Waals surface area contributed by atoms with Gasteiger partial charge >= 0.3 is 0 Å². The first-order valence-corrected chi connectivity index (χ1v) is 10.1. The number of aromatic nitrogens is 2. The number of piperidine rings is 1. The molecule has 0 unspecified atom stereocenters. The molecular weight excluding hydrogens is 352 g/mol. The Hall–Kier alpha value is -2.45. The van der Waals surface area contributed by atoms with Crippen molar-refractivity contribution in [3.8, 4) is 0 Å². The number of hydrogen-bond donors (Lipinski definition) is 1. The Morgan fingerprint density at radius 3 is 2.69 bits per heavy atom. The van der Waals surface area contributed by atoms with Gasteiger partial charge < -0.3 is 9.32 Å². The van der Waals surface area contributed by atoms with E-state index in [9.17, 15) is 8.42 Å². The average Bonchev–Trinajstić information content (AvgIpc) is 3.12. The monoisotopic (exact) mass is 372 g/mol. The molecule has 136 valence electrons. The fraction of sp³-hybridized carbons (Fsp3) is 0.333. The first-order valence-electron chi connectivity index (χ1n) is 8.62. The summed E-state index contributed by atoms with van der Waals surface area (Å²) in [6.45, 7) is 2.02. The van der Waals surface area contributed by atoms with E-state index in [1.807, 2.05) is 24.3 Å². The Bertz CT molecular complexity index is 947. The molecule has 8 heteroatoms. The molecule has 0 bridgehead atoms. The molecule has 1 N–H and O–H groups in total. The maximum absolute atomic E-state index is 12.3. The first kappa shape index (κ1) is 17.0. The summed E-state index contributed by atoms with van der Waals surface area (Å²) in [7, 11) is -3.50. The number of nitrogens with zero attached hydrogens (tertiary/aromatic N) is 3. The second-order valence-corrected chi connectivity index (χ2v) is 8.20. The molecule has 0 atom stereocenters. The van der Waals surface area contributed by atoms with Crippen molar-refractivity contribution in [2.45, 2.75) is 17.7 Å². The number of nitrogens with one attached hydrogen (secondary N) is 1. The molecular formula is C18H20N4O3S. The van der Waals surface area contributed by atoms with Crippen molar-refractivity contribution in [2.75, 3.05) is 24.5 Å². The number of oxazole rings is 1. The Morgan fingerprint density at radius 2 is 1.96 bits per heavy atom. The lowest BCUT2D eigenvalue weighted by atomic mass is 9.97. The fourth-order valence-electron chi connectivity index (χ4n) is 3.14. The van der Waals surface area contributed by atoms with Crippen molar-refractivity contribution in [3.63, 3.8) is 0 Å². The highest BCUT2D eigenvalue weighted by atomic mass is 32.2. The quantitative estimate of drug-likeness (QED) is 0.740. The Labute approximate surface area is 152 Å². The molecule has 1 saturated heterocycles. The molecule has 3 aromatic rings. The van der Waals surface area contributed by atoms with Crippen LogP contribution < -0.4 is 9.62 Å². The molecule has 0 radical (unpaired) electrons. The maximum atomic E-state index is 12.3. The van der Waals surface area contributed by atoms with E-state index in [0.717, 1.165) is 37.0 Å². The molecule has 0 spiro atoms. The predicted octanol–water partition coefficient (Wildman–Crippen LogP) is 2.42. The third-order valence-electron chi connectivity index (χ3n) is 4.67. The highest BCUT2D eigenvalue weighted by Gasteiger charge is 2.24. The summed E-state index contributed by atoms with van der Waals surface area (Å²) in [5.41, 5.74) is 1.64. The van der Waals surface area contributed by atoms with Gasteiger partial charge in [-0.05, 0) is 43.0 Å². The van der Waals surface area contributed by atoms with Crippen LogP contribution in [0.1, 0.15) is 12.8 Å². The minimum atomic E-state index is -3.50. The number of sulfonamides is 1. The van der Waals surface area contributed by atoms with Crippen LogP contribution in [0.4, 0.5) is 6.01 Å². The largest absolute Gasteiger partial charge is 0.423 e. The average molecular weight is 372 g/mol. The van der Waals surface area contributed by atoms with Gasteiger partial charge in [-0.25, -0.2) is 13.1 Å². The van der Waals surface area contributed by atoms with Crippen LogP contribution in [0.15, 0.2) is 58.1 Å². The highest BCUT2D eigenvalue weighted by Crippen LogP contribution is 2.26. The number of hydrogen-bond acceptors (Lipinski definition) is 6. The summed E-state index contributed by atoms with van der Waals surface area (Å²) < 4.78 is 33.1. The van der Waals surface area contributed by atoms with Gasteiger partial charge in [-0.3, -0.25) is 4.98 Å². The van der Waals surface area contributed by atoms with Crippen molar-refractivity contribution in [1.82, 2.24) is 14.7 Å². The van der Waals surface area contributed by atoms with Crippen LogP contribution in [-0.2, 0) is 10.0 Å². The lowest BCUT2D eigenvalue weighted by Gasteiger charge is -2.30. The van der Waals surface area contributed by atoms with Gasteiger partial charge in [0.05, 0.1) is 0 Å². The van der Waals surface area contributed by atoms with E-state index in [2.05, 4.69) is 19.6 Å². The number of pyridine rings is 1. The van der Waals surface area contributed by atoms with Crippen LogP contribution >= 0.6 is 0 Å². The van der Waals surface area contributed by atoms with Crippen LogP contribution in [-0.4, -0.2) is 38.0 Å². The van der Waals surface area contributed by atoms with E-state index < -0.39 is 10.0 Å². The molecule has 3 heterocycles. The number of anilines is 1. The van der Waals surface area contributed by atoms with Crippen LogP contribution in [0, 0.1) is 5.92 Å². The minimum Gasteiger partial charge on any atom is -0.423 e. The van der Waals surface area contributed by atoms with Crippen molar-refractivity contribution >= 4 is 27.1 Å². The van der Waals surface area contributed by atoms with Gasteiger partial charge in [0.25, 0.3) is 6.01 Å². The summed E-state index contributed by atoms with van der Waals surface area (Å²) in [5.74, 6) is 0.294. The fourth-order valence-corrected chi connectivity index (χ4v) is 4.22. The number of fused-ring (bicyclic) bond motifs is 1. The predicted molar refractivity (Wildman–Crippen MR) is 98.4 cm³/mol. The highest BCUT2D eigenvalue weighted by molar-refractivity contribution is 7.89. The normalized spacial score (nSPS) is 16.2. The number of benzene rings is 1. The second-order valence-electron chi connectivity index (χ2n) is 6.44. The Kier molecular flexibility index (Phi) is 4.60. The third-order valence-corrected chi connectivity index (χ3v) is 6.08. The smallest absolute Gasteiger partial charge is 0.298 e. The topological polar surface area (TPSA) is 88.3 Å². The van der Waals surface area contributed by atoms with E-state index in [0.29, 0.717) is 18.5 Å². The molecule has 4 rings (SSSR count). The molecule has 1 aliphatic heterocycles. The second kappa shape index (κ2) is 7.05. The third kappa shape index (κ3) is 3.56. The van der Waals surface area contributed by atoms with Crippen LogP contribution in [0.5, 0.6) is 0 Å². The van der Waals surface area contributed by atoms with E-state index in [-0.39, 0.29) is 4.90 Å². The van der Waals surface area contributed by atoms with E-state index >= 15 is 0 Å². The van der Waals surface area contributed by atoms with Crippen molar-refractivity contribution in [2.24, 2.45) is 5.92 Å². The van der Waals surface area contributed by atoms with Gasteiger partial charge in [-0.15, -0.1) is 0 Å². The molecule has 1 aromatic carbocycles. The van der Waals surface area contributed by atoms with Gasteiger partial charge in [-0.1, -0.05) is 12.1 Å². The van der Waals surface area contributed by atoms with Crippen LogP contribution in [0.2, 0.25) is 0 Å². The Balaban J connectivity index is 1.34. The minimum absolute atomic E-state index is 0.198. The molecule has 2 aromatic heterocycles. The van der Waals surface area contributed by atoms with Gasteiger partial charge in [0.1, 0.15) is 10.4 Å². The molecule has 26 heavy (non-hydrogen) atoms. The van der Waals surface area contributed by atoms with E-state index in [1.165, 1.54) is 6.20 Å². The lowest BCUT2D eigenvalue weighted by molar-refractivity contribution is 0.387. The summed E-state index contributed by atoms with van der Waals surface area (Å²) >= 11 is 0. The van der Waals surface area contributed by atoms with Crippen molar-refractivity contribution in [3.05, 3.63) is 48.8 Å². The van der Waals surface area contributed by atoms with Gasteiger partial charge in [0, 0.05) is 32.0 Å². The molecule has 0 amide bonds. The number of rotatable bonds is 5. The van der Waals surface area contributed by atoms with Crippen LogP contribution in [0.3, 0.4) is 0 Å². The number of para-hydroxylation sites is 2. The summed E-state index contributed by atoms with van der Waals surface area (Å²) in [6, 6.07) is 11.5. The van der Waals surface area contributed by atoms with E-state index in [4.69, 9.17) is 4.42 Å². The van der Waals surface area contributed by atoms with Crippen molar-refractivity contribution < 1.29 is 12.8 Å². The van der Waals surface area contributed by atoms with E-state index in [1.54, 1.807) is 18.3 Å². The molecule has 0 saturated carbocycles. The lowest BCUT2D eigenvalue weighted by Crippen LogP contribution is -2.38. The first-order chi connectivity index (χ1) is 12.6. The summed E-state index contributed by atoms with van der Waals surface area (Å²) in [6.07, 6.45) is 4.68. The van der Waals surface area contributed by atoms with Gasteiger partial charge in [0.15, 0.2) is 5.58 Å². The zero-order chi connectivity index (χ0) is 18.0. The molecule has 0 aliphatic carbocycles. The van der Waals surface area contributed by atoms with Crippen molar-refractivity contribution in [1.29, 1.82) is 0 Å². The molecule has 1 fully saturated rings. The van der Waals surface area contributed by atoms with Gasteiger partial charge in [0.2, 0.25) is 10.0 Å². The zero-order valence-electron chi connectivity index (χ0n) is 14.2. The molecule has 7 nitrogen and oxygen atoms in total. The summed E-state index contributed by atoms with van der Waals surface area (Å²) in [4.78, 5) is 10.7. The standard InChI is InChI=1S/C18H20N4O3S/c23-26(24,15-4-3-9-19-13-15)20-12-14-7-10-22(11-8-14)18-21-16-5-1-2-6-17(16)25-18/h1-6,9,13-14,20H,7-8,10-12H2. The maximum Gasteiger partial charge on any atom is 0.298 e. The van der Waals surface area contributed by atoms with Gasteiger partial charge in [-0.2, -0.15) is 4.98 Å². The molecule has 1 aliphatic rings.